The molecular weight excluding hydrogens is 202 g/mol. The molecule has 0 aliphatic rings. The molecule has 1 heterocycles. The molecule has 1 aromatic heterocycles. The first-order chi connectivity index (χ1) is 7.47. The van der Waals surface area contributed by atoms with Gasteiger partial charge in [-0.3, -0.25) is 5.10 Å². The van der Waals surface area contributed by atoms with E-state index in [1.165, 1.54) is 0 Å². The van der Waals surface area contributed by atoms with Gasteiger partial charge in [0.05, 0.1) is 6.61 Å². The summed E-state index contributed by atoms with van der Waals surface area (Å²) >= 11 is 0. The molecule has 0 amide bonds. The van der Waals surface area contributed by atoms with E-state index in [4.69, 9.17) is 4.74 Å². The van der Waals surface area contributed by atoms with Crippen LogP contribution in [0.4, 0.5) is 0 Å². The van der Waals surface area contributed by atoms with Crippen LogP contribution < -0.4 is 10.1 Å². The fourth-order valence-electron chi connectivity index (χ4n) is 1.33. The van der Waals surface area contributed by atoms with E-state index in [9.17, 15) is 0 Å². The Hall–Kier alpha value is -1.03. The van der Waals surface area contributed by atoms with Crippen molar-refractivity contribution in [3.63, 3.8) is 0 Å². The number of H-pyrrole nitrogens is 1. The van der Waals surface area contributed by atoms with Gasteiger partial charge in [0, 0.05) is 17.3 Å². The van der Waals surface area contributed by atoms with E-state index >= 15 is 0 Å². The molecule has 4 nitrogen and oxygen atoms in total. The van der Waals surface area contributed by atoms with E-state index in [1.807, 2.05) is 13.0 Å². The summed E-state index contributed by atoms with van der Waals surface area (Å²) in [7, 11) is 0. The van der Waals surface area contributed by atoms with Gasteiger partial charge >= 0.3 is 0 Å². The van der Waals surface area contributed by atoms with E-state index in [2.05, 4.69) is 36.3 Å². The van der Waals surface area contributed by atoms with Gasteiger partial charge in [-0.15, -0.1) is 5.10 Å². The van der Waals surface area contributed by atoms with Gasteiger partial charge in [-0.2, -0.15) is 0 Å². The summed E-state index contributed by atoms with van der Waals surface area (Å²) in [5, 5.41) is 10.3. The first kappa shape index (κ1) is 13.0. The molecule has 0 saturated carbocycles. The molecule has 0 fully saturated rings. The third-order valence-corrected chi connectivity index (χ3v) is 2.16. The van der Waals surface area contributed by atoms with Crippen LogP contribution in [0.3, 0.4) is 0 Å². The second-order valence-corrected chi connectivity index (χ2v) is 5.12. The van der Waals surface area contributed by atoms with Crippen molar-refractivity contribution in [1.82, 2.24) is 15.5 Å². The Labute approximate surface area is 97.8 Å². The van der Waals surface area contributed by atoms with Gasteiger partial charge in [0.15, 0.2) is 0 Å². The quantitative estimate of drug-likeness (QED) is 0.730. The maximum atomic E-state index is 5.49. The van der Waals surface area contributed by atoms with Gasteiger partial charge in [0.25, 0.3) is 0 Å². The minimum absolute atomic E-state index is 0.208. The first-order valence-electron chi connectivity index (χ1n) is 5.87. The van der Waals surface area contributed by atoms with Crippen molar-refractivity contribution in [3.05, 3.63) is 11.8 Å². The Bertz CT molecular complexity index is 301. The molecule has 0 aliphatic carbocycles. The molecule has 0 aromatic carbocycles. The van der Waals surface area contributed by atoms with Crippen LogP contribution in [0.5, 0.6) is 5.88 Å². The van der Waals surface area contributed by atoms with E-state index < -0.39 is 0 Å². The minimum atomic E-state index is 0.208. The first-order valence-corrected chi connectivity index (χ1v) is 5.87. The van der Waals surface area contributed by atoms with Crippen molar-refractivity contribution in [2.75, 3.05) is 13.2 Å². The van der Waals surface area contributed by atoms with Crippen molar-refractivity contribution in [2.45, 2.75) is 46.1 Å². The van der Waals surface area contributed by atoms with Crippen LogP contribution >= 0.6 is 0 Å². The van der Waals surface area contributed by atoms with Crippen LogP contribution in [0.25, 0.3) is 0 Å². The zero-order valence-electron chi connectivity index (χ0n) is 10.8. The number of hydrogen-bond acceptors (Lipinski definition) is 3. The van der Waals surface area contributed by atoms with Crippen molar-refractivity contribution < 1.29 is 4.74 Å². The predicted molar refractivity (Wildman–Crippen MR) is 65.8 cm³/mol. The molecule has 1 aromatic rings. The predicted octanol–water partition coefficient (Wildman–Crippen LogP) is 2.27. The summed E-state index contributed by atoms with van der Waals surface area (Å²) in [6.45, 7) is 10.3. The summed E-state index contributed by atoms with van der Waals surface area (Å²) in [5.41, 5.74) is 1.24. The summed E-state index contributed by atoms with van der Waals surface area (Å²) < 4.78 is 5.49. The molecule has 0 spiro atoms. The number of nitrogens with one attached hydrogen (secondary N) is 2. The maximum Gasteiger partial charge on any atom is 0.232 e. The number of ether oxygens (including phenoxy) is 1. The van der Waals surface area contributed by atoms with Crippen LogP contribution in [-0.2, 0) is 0 Å². The lowest BCUT2D eigenvalue weighted by molar-refractivity contribution is 0.290. The number of rotatable bonds is 6. The fourth-order valence-corrected chi connectivity index (χ4v) is 1.33. The molecule has 0 atom stereocenters. The largest absolute Gasteiger partial charge is 0.477 e. The van der Waals surface area contributed by atoms with Crippen molar-refractivity contribution in [1.29, 1.82) is 0 Å². The van der Waals surface area contributed by atoms with Gasteiger partial charge in [0.2, 0.25) is 5.88 Å². The number of hydrogen-bond donors (Lipinski definition) is 2. The van der Waals surface area contributed by atoms with Crippen molar-refractivity contribution >= 4 is 0 Å². The number of unbranched alkanes of at least 4 members (excludes halogenated alkanes) is 1. The number of aromatic nitrogens is 2. The van der Waals surface area contributed by atoms with E-state index in [0.29, 0.717) is 5.88 Å². The highest BCUT2D eigenvalue weighted by atomic mass is 16.5. The summed E-state index contributed by atoms with van der Waals surface area (Å²) in [5.74, 6) is 0.696. The molecule has 0 saturated heterocycles. The van der Waals surface area contributed by atoms with Gasteiger partial charge in [-0.05, 0) is 47.1 Å². The number of aromatic amines is 1. The molecule has 1 rings (SSSR count). The summed E-state index contributed by atoms with van der Waals surface area (Å²) in [4.78, 5) is 0. The summed E-state index contributed by atoms with van der Waals surface area (Å²) in [6, 6.07) is 1.91. The van der Waals surface area contributed by atoms with Gasteiger partial charge in [-0.25, -0.2) is 0 Å². The topological polar surface area (TPSA) is 49.9 Å². The second-order valence-electron chi connectivity index (χ2n) is 5.12. The van der Waals surface area contributed by atoms with Crippen LogP contribution in [-0.4, -0.2) is 28.9 Å². The average molecular weight is 225 g/mol. The van der Waals surface area contributed by atoms with Gasteiger partial charge in [0.1, 0.15) is 0 Å². The van der Waals surface area contributed by atoms with Crippen LogP contribution in [0, 0.1) is 6.92 Å². The highest BCUT2D eigenvalue weighted by molar-refractivity contribution is 5.11. The maximum absolute atomic E-state index is 5.49. The Balaban J connectivity index is 2.00. The SMILES string of the molecule is Cc1cc(OCCCCNC(C)(C)C)n[nH]1. The molecule has 0 bridgehead atoms. The Morgan fingerprint density at radius 1 is 1.38 bits per heavy atom. The van der Waals surface area contributed by atoms with Crippen molar-refractivity contribution in [2.24, 2.45) is 0 Å². The second kappa shape index (κ2) is 5.89. The normalized spacial score (nSPS) is 11.8. The molecule has 92 valence electrons. The Morgan fingerprint density at radius 3 is 2.69 bits per heavy atom. The van der Waals surface area contributed by atoms with Crippen LogP contribution in [0.1, 0.15) is 39.3 Å². The lowest BCUT2D eigenvalue weighted by Gasteiger charge is -2.20. The number of aryl methyl sites for hydroxylation is 1. The minimum Gasteiger partial charge on any atom is -0.477 e. The van der Waals surface area contributed by atoms with Crippen molar-refractivity contribution in [3.8, 4) is 5.88 Å². The molecule has 2 N–H and O–H groups in total. The third-order valence-electron chi connectivity index (χ3n) is 2.16. The molecule has 0 radical (unpaired) electrons. The lowest BCUT2D eigenvalue weighted by Crippen LogP contribution is -2.36. The number of nitrogens with zero attached hydrogens (tertiary/aromatic N) is 1. The monoisotopic (exact) mass is 225 g/mol. The molecule has 0 unspecified atom stereocenters. The molecule has 4 heteroatoms. The molecule has 0 aliphatic heterocycles. The van der Waals surface area contributed by atoms with E-state index in [-0.39, 0.29) is 5.54 Å². The van der Waals surface area contributed by atoms with Gasteiger partial charge in [-0.1, -0.05) is 0 Å². The molecule has 16 heavy (non-hydrogen) atoms. The zero-order chi connectivity index (χ0) is 12.0. The summed E-state index contributed by atoms with van der Waals surface area (Å²) in [6.07, 6.45) is 2.18. The lowest BCUT2D eigenvalue weighted by atomic mass is 10.1. The van der Waals surface area contributed by atoms with Crippen LogP contribution in [0.2, 0.25) is 0 Å². The highest BCUT2D eigenvalue weighted by Gasteiger charge is 2.06. The third kappa shape index (κ3) is 5.75. The van der Waals surface area contributed by atoms with Gasteiger partial charge < -0.3 is 10.1 Å². The zero-order valence-corrected chi connectivity index (χ0v) is 10.8. The van der Waals surface area contributed by atoms with E-state index in [1.54, 1.807) is 0 Å². The highest BCUT2D eigenvalue weighted by Crippen LogP contribution is 2.07. The Morgan fingerprint density at radius 2 is 2.12 bits per heavy atom. The Kier molecular flexibility index (Phi) is 4.80. The standard InChI is InChI=1S/C12H23N3O/c1-10-9-11(15-14-10)16-8-6-5-7-13-12(2,3)4/h9,13H,5-8H2,1-4H3,(H,14,15). The van der Waals surface area contributed by atoms with E-state index in [0.717, 1.165) is 31.7 Å². The van der Waals surface area contributed by atoms with Crippen LogP contribution in [0.15, 0.2) is 6.07 Å². The molecular formula is C12H23N3O. The smallest absolute Gasteiger partial charge is 0.232 e. The fraction of sp³-hybridized carbons (Fsp3) is 0.750. The average Bonchev–Trinajstić information content (AvgIpc) is 2.56.